The Hall–Kier alpha value is -1.82. The Bertz CT molecular complexity index is 609. The van der Waals surface area contributed by atoms with E-state index in [2.05, 4.69) is 26.1 Å². The molecule has 0 amide bonds. The molecule has 5 nitrogen and oxygen atoms in total. The normalized spacial score (nSPS) is 13.4. The van der Waals surface area contributed by atoms with E-state index in [9.17, 15) is 4.79 Å². The Kier molecular flexibility index (Phi) is 2.79. The van der Waals surface area contributed by atoms with E-state index >= 15 is 0 Å². The van der Waals surface area contributed by atoms with Gasteiger partial charge >= 0.3 is 0 Å². The molecule has 1 N–H and O–H groups in total. The van der Waals surface area contributed by atoms with Crippen molar-refractivity contribution in [1.82, 2.24) is 10.2 Å². The van der Waals surface area contributed by atoms with Crippen molar-refractivity contribution in [3.63, 3.8) is 0 Å². The van der Waals surface area contributed by atoms with Crippen LogP contribution < -0.4 is 9.47 Å². The molecule has 1 aliphatic rings. The zero-order valence-corrected chi connectivity index (χ0v) is 10.9. The highest BCUT2D eigenvalue weighted by Crippen LogP contribution is 2.39. The van der Waals surface area contributed by atoms with E-state index in [4.69, 9.17) is 9.47 Å². The van der Waals surface area contributed by atoms with Crippen LogP contribution in [0.3, 0.4) is 0 Å². The number of hydrogen-bond donors (Lipinski definition) is 1. The topological polar surface area (TPSA) is 64.2 Å². The molecule has 18 heavy (non-hydrogen) atoms. The maximum Gasteiger partial charge on any atom is 0.162 e. The minimum atomic E-state index is 0.507. The van der Waals surface area contributed by atoms with Crippen molar-refractivity contribution in [1.29, 1.82) is 0 Å². The van der Waals surface area contributed by atoms with Crippen LogP contribution in [0.25, 0.3) is 11.3 Å². The molecule has 0 unspecified atom stereocenters. The molecule has 0 radical (unpaired) electrons. The number of aromatic amines is 1. The van der Waals surface area contributed by atoms with Gasteiger partial charge in [0, 0.05) is 10.0 Å². The number of nitrogens with zero attached hydrogens (tertiary/aromatic N) is 1. The number of H-pyrrole nitrogens is 1. The minimum Gasteiger partial charge on any atom is -0.486 e. The molecule has 0 atom stereocenters. The van der Waals surface area contributed by atoms with Gasteiger partial charge in [0.2, 0.25) is 0 Å². The number of aromatic nitrogens is 2. The molecular weight excluding hydrogens is 300 g/mol. The van der Waals surface area contributed by atoms with Gasteiger partial charge in [0.25, 0.3) is 0 Å². The lowest BCUT2D eigenvalue weighted by Gasteiger charge is -2.19. The van der Waals surface area contributed by atoms with E-state index in [1.165, 1.54) is 6.20 Å². The van der Waals surface area contributed by atoms with Gasteiger partial charge in [-0.15, -0.1) is 0 Å². The summed E-state index contributed by atoms with van der Waals surface area (Å²) in [5.74, 6) is 1.37. The molecule has 1 aliphatic heterocycles. The van der Waals surface area contributed by atoms with Crippen LogP contribution in [-0.2, 0) is 0 Å². The molecule has 0 fully saturated rings. The second kappa shape index (κ2) is 4.45. The number of aldehydes is 1. The van der Waals surface area contributed by atoms with Crippen LogP contribution in [-0.4, -0.2) is 29.7 Å². The Morgan fingerprint density at radius 1 is 1.28 bits per heavy atom. The van der Waals surface area contributed by atoms with Crippen LogP contribution in [0, 0.1) is 0 Å². The highest BCUT2D eigenvalue weighted by molar-refractivity contribution is 9.10. The maximum atomic E-state index is 10.9. The van der Waals surface area contributed by atoms with E-state index < -0.39 is 0 Å². The number of carbonyl (C=O) groups excluding carboxylic acids is 1. The summed E-state index contributed by atoms with van der Waals surface area (Å²) in [7, 11) is 0. The second-order valence-electron chi connectivity index (χ2n) is 3.79. The van der Waals surface area contributed by atoms with Crippen molar-refractivity contribution in [2.45, 2.75) is 0 Å². The van der Waals surface area contributed by atoms with E-state index in [1.54, 1.807) is 0 Å². The standard InChI is InChI=1S/C12H9BrN2O3/c13-9-4-11-10(17-1-2-18-11)3-8(9)12-7(6-16)5-14-15-12/h3-6H,1-2H2,(H,14,15). The molecule has 1 aromatic heterocycles. The Morgan fingerprint density at radius 3 is 2.72 bits per heavy atom. The van der Waals surface area contributed by atoms with Crippen molar-refractivity contribution < 1.29 is 14.3 Å². The average molecular weight is 309 g/mol. The van der Waals surface area contributed by atoms with Gasteiger partial charge in [-0.3, -0.25) is 9.89 Å². The lowest BCUT2D eigenvalue weighted by atomic mass is 10.1. The fourth-order valence-corrected chi connectivity index (χ4v) is 2.38. The van der Waals surface area contributed by atoms with Gasteiger partial charge in [-0.25, -0.2) is 0 Å². The molecule has 2 aromatic rings. The summed E-state index contributed by atoms with van der Waals surface area (Å²) in [5.41, 5.74) is 1.99. The minimum absolute atomic E-state index is 0.507. The monoisotopic (exact) mass is 308 g/mol. The van der Waals surface area contributed by atoms with Gasteiger partial charge in [0.1, 0.15) is 13.2 Å². The van der Waals surface area contributed by atoms with Crippen molar-refractivity contribution in [2.24, 2.45) is 0 Å². The van der Waals surface area contributed by atoms with E-state index in [-0.39, 0.29) is 0 Å². The van der Waals surface area contributed by atoms with Gasteiger partial charge < -0.3 is 9.47 Å². The molecule has 0 aliphatic carbocycles. The lowest BCUT2D eigenvalue weighted by Crippen LogP contribution is -2.15. The molecule has 1 aromatic carbocycles. The summed E-state index contributed by atoms with van der Waals surface area (Å²) in [5, 5.41) is 6.69. The first-order valence-corrected chi connectivity index (χ1v) is 6.17. The van der Waals surface area contributed by atoms with Crippen LogP contribution in [0.15, 0.2) is 22.8 Å². The van der Waals surface area contributed by atoms with Gasteiger partial charge in [0.05, 0.1) is 17.5 Å². The smallest absolute Gasteiger partial charge is 0.162 e. The van der Waals surface area contributed by atoms with E-state index in [0.29, 0.717) is 36.0 Å². The van der Waals surface area contributed by atoms with E-state index in [1.807, 2.05) is 12.1 Å². The third-order valence-corrected chi connectivity index (χ3v) is 3.35. The lowest BCUT2D eigenvalue weighted by molar-refractivity contribution is 0.112. The highest BCUT2D eigenvalue weighted by atomic mass is 79.9. The molecule has 3 rings (SSSR count). The van der Waals surface area contributed by atoms with Gasteiger partial charge in [-0.2, -0.15) is 5.10 Å². The summed E-state index contributed by atoms with van der Waals surface area (Å²) < 4.78 is 11.8. The molecular formula is C12H9BrN2O3. The number of ether oxygens (including phenoxy) is 2. The second-order valence-corrected chi connectivity index (χ2v) is 4.65. The van der Waals surface area contributed by atoms with Crippen LogP contribution in [0.2, 0.25) is 0 Å². The Morgan fingerprint density at radius 2 is 2.00 bits per heavy atom. The number of carbonyl (C=O) groups is 1. The number of halogens is 1. The summed E-state index contributed by atoms with van der Waals surface area (Å²) in [4.78, 5) is 10.9. The molecule has 0 saturated heterocycles. The van der Waals surface area contributed by atoms with Gasteiger partial charge in [-0.1, -0.05) is 0 Å². The van der Waals surface area contributed by atoms with Crippen LogP contribution in [0.5, 0.6) is 11.5 Å². The van der Waals surface area contributed by atoms with Crippen molar-refractivity contribution in [2.75, 3.05) is 13.2 Å². The average Bonchev–Trinajstić information content (AvgIpc) is 2.86. The zero-order chi connectivity index (χ0) is 12.5. The molecule has 2 heterocycles. The van der Waals surface area contributed by atoms with Gasteiger partial charge in [-0.05, 0) is 28.1 Å². The largest absolute Gasteiger partial charge is 0.486 e. The highest BCUT2D eigenvalue weighted by Gasteiger charge is 2.18. The third-order valence-electron chi connectivity index (χ3n) is 2.70. The summed E-state index contributed by atoms with van der Waals surface area (Å²) in [6.45, 7) is 1.07. The van der Waals surface area contributed by atoms with Crippen LogP contribution >= 0.6 is 15.9 Å². The maximum absolute atomic E-state index is 10.9. The van der Waals surface area contributed by atoms with Crippen molar-refractivity contribution >= 4 is 22.2 Å². The van der Waals surface area contributed by atoms with Crippen molar-refractivity contribution in [3.05, 3.63) is 28.4 Å². The molecule has 92 valence electrons. The summed E-state index contributed by atoms with van der Waals surface area (Å²) in [6.07, 6.45) is 2.26. The summed E-state index contributed by atoms with van der Waals surface area (Å²) in [6, 6.07) is 3.67. The van der Waals surface area contributed by atoms with Gasteiger partial charge in [0.15, 0.2) is 17.8 Å². The van der Waals surface area contributed by atoms with E-state index in [0.717, 1.165) is 16.3 Å². The Balaban J connectivity index is 2.15. The Labute approximate surface area is 111 Å². The fraction of sp³-hybridized carbons (Fsp3) is 0.167. The predicted octanol–water partition coefficient (Wildman–Crippen LogP) is 2.42. The zero-order valence-electron chi connectivity index (χ0n) is 9.27. The fourth-order valence-electron chi connectivity index (χ4n) is 1.86. The first-order valence-electron chi connectivity index (χ1n) is 5.37. The first kappa shape index (κ1) is 11.3. The number of fused-ring (bicyclic) bond motifs is 1. The summed E-state index contributed by atoms with van der Waals surface area (Å²) >= 11 is 3.46. The van der Waals surface area contributed by atoms with Crippen LogP contribution in [0.4, 0.5) is 0 Å². The molecule has 0 saturated carbocycles. The number of benzene rings is 1. The SMILES string of the molecule is O=Cc1cn[nH]c1-c1cc2c(cc1Br)OCCO2. The first-order chi connectivity index (χ1) is 8.79. The molecule has 6 heteroatoms. The number of rotatable bonds is 2. The van der Waals surface area contributed by atoms with Crippen molar-refractivity contribution in [3.8, 4) is 22.8 Å². The number of hydrogen-bond acceptors (Lipinski definition) is 4. The third kappa shape index (κ3) is 1.78. The molecule has 0 bridgehead atoms. The quantitative estimate of drug-likeness (QED) is 0.865. The predicted molar refractivity (Wildman–Crippen MR) is 68.1 cm³/mol. The molecule has 0 spiro atoms. The van der Waals surface area contributed by atoms with Crippen LogP contribution in [0.1, 0.15) is 10.4 Å². The number of nitrogens with one attached hydrogen (secondary N) is 1.